The first kappa shape index (κ1) is 16.2. The Morgan fingerprint density at radius 2 is 2.08 bits per heavy atom. The molecular weight excluding hydrogens is 311 g/mol. The zero-order chi connectivity index (χ0) is 17.4. The third kappa shape index (κ3) is 2.89. The van der Waals surface area contributed by atoms with Gasteiger partial charge in [-0.1, -0.05) is 6.07 Å². The summed E-state index contributed by atoms with van der Waals surface area (Å²) in [6, 6.07) is 4.40. The van der Waals surface area contributed by atoms with Crippen LogP contribution in [0.15, 0.2) is 30.6 Å². The standard InChI is InChI=1S/C17H19FN4O2/c1-10-3-4-11(5-15(10)18)17(24)22-8-13(14(9-22)16(19)23)12-6-20-21(2)7-12/h3-7,13-14H,8-9H2,1-2H3,(H2,19,23)/t13-,14+/m1/s1. The number of nitrogens with zero attached hydrogens (tertiary/aromatic N) is 3. The smallest absolute Gasteiger partial charge is 0.254 e. The molecule has 1 aliphatic heterocycles. The van der Waals surface area contributed by atoms with Crippen LogP contribution in [0.3, 0.4) is 0 Å². The van der Waals surface area contributed by atoms with Crippen LogP contribution in [0.1, 0.15) is 27.4 Å². The lowest BCUT2D eigenvalue weighted by molar-refractivity contribution is -0.121. The Kier molecular flexibility index (Phi) is 4.09. The number of nitrogens with two attached hydrogens (primary N) is 1. The maximum Gasteiger partial charge on any atom is 0.254 e. The van der Waals surface area contributed by atoms with E-state index in [1.807, 2.05) is 6.20 Å². The maximum atomic E-state index is 13.7. The molecule has 1 saturated heterocycles. The second-order valence-electron chi connectivity index (χ2n) is 6.24. The molecule has 1 fully saturated rings. The number of aromatic nitrogens is 2. The van der Waals surface area contributed by atoms with E-state index in [4.69, 9.17) is 5.73 Å². The molecule has 3 rings (SSSR count). The number of rotatable bonds is 3. The van der Waals surface area contributed by atoms with Gasteiger partial charge in [-0.3, -0.25) is 14.3 Å². The van der Waals surface area contributed by atoms with Crippen molar-refractivity contribution in [3.63, 3.8) is 0 Å². The van der Waals surface area contributed by atoms with E-state index in [1.165, 1.54) is 6.07 Å². The normalized spacial score (nSPS) is 20.4. The highest BCUT2D eigenvalue weighted by Gasteiger charge is 2.40. The monoisotopic (exact) mass is 330 g/mol. The van der Waals surface area contributed by atoms with Gasteiger partial charge in [0.2, 0.25) is 5.91 Å². The van der Waals surface area contributed by atoms with E-state index < -0.39 is 17.6 Å². The molecule has 126 valence electrons. The van der Waals surface area contributed by atoms with Crippen molar-refractivity contribution in [1.82, 2.24) is 14.7 Å². The number of amides is 2. The van der Waals surface area contributed by atoms with Crippen LogP contribution in [-0.4, -0.2) is 39.6 Å². The third-order valence-electron chi connectivity index (χ3n) is 4.54. The van der Waals surface area contributed by atoms with Crippen molar-refractivity contribution in [2.45, 2.75) is 12.8 Å². The van der Waals surface area contributed by atoms with Gasteiger partial charge in [0.15, 0.2) is 0 Å². The van der Waals surface area contributed by atoms with E-state index >= 15 is 0 Å². The zero-order valence-electron chi connectivity index (χ0n) is 13.6. The highest BCUT2D eigenvalue weighted by atomic mass is 19.1. The van der Waals surface area contributed by atoms with Crippen LogP contribution >= 0.6 is 0 Å². The lowest BCUT2D eigenvalue weighted by Crippen LogP contribution is -2.32. The Balaban J connectivity index is 1.85. The first-order valence-corrected chi connectivity index (χ1v) is 7.70. The molecule has 2 N–H and O–H groups in total. The quantitative estimate of drug-likeness (QED) is 0.918. The lowest BCUT2D eigenvalue weighted by atomic mass is 9.90. The molecule has 6 nitrogen and oxygen atoms in total. The topological polar surface area (TPSA) is 81.2 Å². The van der Waals surface area contributed by atoms with Crippen molar-refractivity contribution in [2.24, 2.45) is 18.7 Å². The number of likely N-dealkylation sites (tertiary alicyclic amines) is 1. The average Bonchev–Trinajstić information content (AvgIpc) is 3.15. The van der Waals surface area contributed by atoms with E-state index in [1.54, 1.807) is 41.9 Å². The molecule has 2 heterocycles. The Hall–Kier alpha value is -2.70. The zero-order valence-corrected chi connectivity index (χ0v) is 13.6. The van der Waals surface area contributed by atoms with Gasteiger partial charge >= 0.3 is 0 Å². The summed E-state index contributed by atoms with van der Waals surface area (Å²) in [5.74, 6) is -1.85. The highest BCUT2D eigenvalue weighted by molar-refractivity contribution is 5.95. The third-order valence-corrected chi connectivity index (χ3v) is 4.54. The predicted octanol–water partition coefficient (Wildman–Crippen LogP) is 1.21. The van der Waals surface area contributed by atoms with Crippen LogP contribution in [0, 0.1) is 18.7 Å². The van der Waals surface area contributed by atoms with E-state index in [9.17, 15) is 14.0 Å². The van der Waals surface area contributed by atoms with Crippen molar-refractivity contribution in [3.05, 3.63) is 53.1 Å². The highest BCUT2D eigenvalue weighted by Crippen LogP contribution is 2.33. The molecule has 0 unspecified atom stereocenters. The van der Waals surface area contributed by atoms with Crippen molar-refractivity contribution < 1.29 is 14.0 Å². The van der Waals surface area contributed by atoms with E-state index in [0.29, 0.717) is 12.1 Å². The van der Waals surface area contributed by atoms with E-state index in [2.05, 4.69) is 5.10 Å². The molecule has 0 spiro atoms. The minimum Gasteiger partial charge on any atom is -0.369 e. The van der Waals surface area contributed by atoms with Crippen molar-refractivity contribution in [1.29, 1.82) is 0 Å². The number of primary amides is 1. The summed E-state index contributed by atoms with van der Waals surface area (Å²) in [5.41, 5.74) is 7.13. The number of hydrogen-bond acceptors (Lipinski definition) is 3. The molecule has 2 aromatic rings. The molecule has 0 aliphatic carbocycles. The predicted molar refractivity (Wildman–Crippen MR) is 85.7 cm³/mol. The van der Waals surface area contributed by atoms with Gasteiger partial charge in [0.05, 0.1) is 12.1 Å². The van der Waals surface area contributed by atoms with Crippen molar-refractivity contribution in [3.8, 4) is 0 Å². The molecule has 1 aromatic carbocycles. The molecule has 2 atom stereocenters. The molecule has 0 bridgehead atoms. The number of hydrogen-bond donors (Lipinski definition) is 1. The fourth-order valence-electron chi connectivity index (χ4n) is 3.14. The Morgan fingerprint density at radius 1 is 1.33 bits per heavy atom. The fraction of sp³-hybridized carbons (Fsp3) is 0.353. The van der Waals surface area contributed by atoms with Gasteiger partial charge in [-0.05, 0) is 30.2 Å². The Morgan fingerprint density at radius 3 is 2.67 bits per heavy atom. The largest absolute Gasteiger partial charge is 0.369 e. The minimum atomic E-state index is -0.478. The SMILES string of the molecule is Cc1ccc(C(=O)N2C[C@H](C(N)=O)[C@@H](c3cnn(C)c3)C2)cc1F. The minimum absolute atomic E-state index is 0.199. The second-order valence-corrected chi connectivity index (χ2v) is 6.24. The number of aryl methyl sites for hydroxylation is 2. The van der Waals surface area contributed by atoms with Gasteiger partial charge < -0.3 is 10.6 Å². The lowest BCUT2D eigenvalue weighted by Gasteiger charge is -2.16. The summed E-state index contributed by atoms with van der Waals surface area (Å²) in [4.78, 5) is 26.0. The van der Waals surface area contributed by atoms with Gasteiger partial charge in [0, 0.05) is 37.8 Å². The molecule has 1 aliphatic rings. The number of halogens is 1. The summed E-state index contributed by atoms with van der Waals surface area (Å²) in [6.45, 7) is 2.22. The van der Waals surface area contributed by atoms with Crippen LogP contribution < -0.4 is 5.73 Å². The van der Waals surface area contributed by atoms with Gasteiger partial charge in [-0.15, -0.1) is 0 Å². The number of carbonyl (C=O) groups excluding carboxylic acids is 2. The first-order chi connectivity index (χ1) is 11.4. The second kappa shape index (κ2) is 6.07. The average molecular weight is 330 g/mol. The van der Waals surface area contributed by atoms with E-state index in [0.717, 1.165) is 5.56 Å². The summed E-state index contributed by atoms with van der Waals surface area (Å²) in [5, 5.41) is 4.12. The number of benzene rings is 1. The van der Waals surface area contributed by atoms with Crippen LogP contribution in [0.5, 0.6) is 0 Å². The molecule has 0 radical (unpaired) electrons. The van der Waals surface area contributed by atoms with Gasteiger partial charge in [0.25, 0.3) is 5.91 Å². The van der Waals surface area contributed by atoms with Crippen molar-refractivity contribution in [2.75, 3.05) is 13.1 Å². The summed E-state index contributed by atoms with van der Waals surface area (Å²) in [6.07, 6.45) is 3.50. The first-order valence-electron chi connectivity index (χ1n) is 7.70. The van der Waals surface area contributed by atoms with Gasteiger partial charge in [0.1, 0.15) is 5.82 Å². The molecule has 1 aromatic heterocycles. The summed E-state index contributed by atoms with van der Waals surface area (Å²) >= 11 is 0. The molecule has 24 heavy (non-hydrogen) atoms. The van der Waals surface area contributed by atoms with Crippen LogP contribution in [0.25, 0.3) is 0 Å². The van der Waals surface area contributed by atoms with Crippen LogP contribution in [-0.2, 0) is 11.8 Å². The van der Waals surface area contributed by atoms with E-state index in [-0.39, 0.29) is 23.9 Å². The molecule has 7 heteroatoms. The Bertz CT molecular complexity index is 802. The number of carbonyl (C=O) groups is 2. The Labute approximate surface area is 139 Å². The van der Waals surface area contributed by atoms with Crippen LogP contribution in [0.4, 0.5) is 4.39 Å². The van der Waals surface area contributed by atoms with Crippen LogP contribution in [0.2, 0.25) is 0 Å². The summed E-state index contributed by atoms with van der Waals surface area (Å²) < 4.78 is 15.4. The van der Waals surface area contributed by atoms with Crippen molar-refractivity contribution >= 4 is 11.8 Å². The molecular formula is C17H19FN4O2. The maximum absolute atomic E-state index is 13.7. The van der Waals surface area contributed by atoms with Gasteiger partial charge in [-0.2, -0.15) is 5.10 Å². The fourth-order valence-corrected chi connectivity index (χ4v) is 3.14. The molecule has 0 saturated carbocycles. The van der Waals surface area contributed by atoms with Gasteiger partial charge in [-0.25, -0.2) is 4.39 Å². The summed E-state index contributed by atoms with van der Waals surface area (Å²) in [7, 11) is 1.79. The molecule has 2 amide bonds.